The van der Waals surface area contributed by atoms with E-state index in [0.29, 0.717) is 30.5 Å². The lowest BCUT2D eigenvalue weighted by Gasteiger charge is -2.11. The number of aromatic nitrogens is 1. The molecule has 0 amide bonds. The zero-order valence-corrected chi connectivity index (χ0v) is 16.9. The third kappa shape index (κ3) is 9.58. The van der Waals surface area contributed by atoms with Crippen molar-refractivity contribution in [2.45, 2.75) is 12.6 Å². The minimum Gasteiger partial charge on any atom is -0.356 e. The van der Waals surface area contributed by atoms with E-state index in [2.05, 4.69) is 25.3 Å². The summed E-state index contributed by atoms with van der Waals surface area (Å²) in [6, 6.07) is 0. The molecule has 0 atom stereocenters. The number of guanidine groups is 1. The second kappa shape index (κ2) is 10.4. The Morgan fingerprint density at radius 3 is 2.42 bits per heavy atom. The molecule has 0 radical (unpaired) electrons. The third-order valence-electron chi connectivity index (χ3n) is 2.48. The van der Waals surface area contributed by atoms with Gasteiger partial charge in [-0.05, 0) is 0 Å². The van der Waals surface area contributed by atoms with E-state index in [1.165, 1.54) is 7.05 Å². The van der Waals surface area contributed by atoms with Gasteiger partial charge in [-0.2, -0.15) is 13.2 Å². The van der Waals surface area contributed by atoms with Crippen LogP contribution < -0.4 is 15.4 Å². The molecule has 0 bridgehead atoms. The van der Waals surface area contributed by atoms with Crippen LogP contribution in [-0.2, 0) is 22.6 Å². The first-order chi connectivity index (χ1) is 10.6. The molecule has 1 aromatic heterocycles. The van der Waals surface area contributed by atoms with Gasteiger partial charge in [-0.25, -0.2) is 18.1 Å². The largest absolute Gasteiger partial charge is 0.434 e. The summed E-state index contributed by atoms with van der Waals surface area (Å²) in [6.07, 6.45) is -3.04. The molecule has 24 heavy (non-hydrogen) atoms. The number of hydrogen-bond donors (Lipinski definition) is 3. The van der Waals surface area contributed by atoms with Crippen molar-refractivity contribution in [1.29, 1.82) is 0 Å². The number of nitrogens with one attached hydrogen (secondary N) is 3. The summed E-state index contributed by atoms with van der Waals surface area (Å²) < 4.78 is 61.3. The van der Waals surface area contributed by atoms with Gasteiger partial charge < -0.3 is 10.6 Å². The molecule has 0 spiro atoms. The normalized spacial score (nSPS) is 12.6. The molecule has 0 aliphatic heterocycles. The summed E-state index contributed by atoms with van der Waals surface area (Å²) in [4.78, 5) is 7.44. The summed E-state index contributed by atoms with van der Waals surface area (Å²) in [7, 11) is -1.71. The lowest BCUT2D eigenvalue weighted by Crippen LogP contribution is -2.42. The fourth-order valence-electron chi connectivity index (χ4n) is 1.48. The van der Waals surface area contributed by atoms with Crippen molar-refractivity contribution in [2.75, 3.05) is 32.9 Å². The van der Waals surface area contributed by atoms with Crippen molar-refractivity contribution < 1.29 is 21.6 Å². The average molecular weight is 501 g/mol. The van der Waals surface area contributed by atoms with Crippen LogP contribution in [0.15, 0.2) is 10.4 Å². The maximum atomic E-state index is 12.4. The predicted molar refractivity (Wildman–Crippen MR) is 98.4 cm³/mol. The fraction of sp³-hybridized carbons (Fsp3) is 0.636. The SMILES string of the molecule is CN=C(NCCNS(C)(=O)=O)NCCc1nc(C(F)(F)F)cs1.I. The minimum atomic E-state index is -4.42. The number of nitrogens with zero attached hydrogens (tertiary/aromatic N) is 2. The van der Waals surface area contributed by atoms with Gasteiger partial charge in [0.25, 0.3) is 0 Å². The van der Waals surface area contributed by atoms with Crippen LogP contribution in [0.5, 0.6) is 0 Å². The Bertz CT molecular complexity index is 634. The number of halogens is 4. The fourth-order valence-corrected chi connectivity index (χ4v) is 2.76. The van der Waals surface area contributed by atoms with E-state index in [1.807, 2.05) is 0 Å². The van der Waals surface area contributed by atoms with Crippen LogP contribution in [0.25, 0.3) is 0 Å². The Labute approximate surface area is 159 Å². The van der Waals surface area contributed by atoms with Gasteiger partial charge in [0, 0.05) is 38.5 Å². The van der Waals surface area contributed by atoms with E-state index in [4.69, 9.17) is 0 Å². The van der Waals surface area contributed by atoms with Crippen molar-refractivity contribution >= 4 is 51.3 Å². The number of aliphatic imine (C=N–C) groups is 1. The zero-order valence-electron chi connectivity index (χ0n) is 13.0. The molecular weight excluding hydrogens is 482 g/mol. The number of hydrogen-bond acceptors (Lipinski definition) is 5. The summed E-state index contributed by atoms with van der Waals surface area (Å²) >= 11 is 0.952. The molecule has 0 saturated carbocycles. The quantitative estimate of drug-likeness (QED) is 0.225. The van der Waals surface area contributed by atoms with Crippen molar-refractivity contribution in [1.82, 2.24) is 20.3 Å². The Morgan fingerprint density at radius 1 is 1.29 bits per heavy atom. The van der Waals surface area contributed by atoms with Gasteiger partial charge in [-0.1, -0.05) is 0 Å². The average Bonchev–Trinajstić information content (AvgIpc) is 2.89. The molecule has 1 aromatic rings. The second-order valence-corrected chi connectivity index (χ2v) is 7.24. The Kier molecular flexibility index (Phi) is 10.1. The molecule has 7 nitrogen and oxygen atoms in total. The van der Waals surface area contributed by atoms with Crippen LogP contribution in [0.1, 0.15) is 10.7 Å². The monoisotopic (exact) mass is 501 g/mol. The standard InChI is InChI=1S/C11H18F3N5O2S2.HI/c1-15-10(17-5-6-18-23(2,20)21)16-4-3-9-19-8(7-22-9)11(12,13)14;/h7,18H,3-6H2,1-2H3,(H2,15,16,17);1H. The first-order valence-electron chi connectivity index (χ1n) is 6.52. The second-order valence-electron chi connectivity index (χ2n) is 4.47. The maximum absolute atomic E-state index is 12.4. The lowest BCUT2D eigenvalue weighted by atomic mass is 10.4. The molecule has 0 aliphatic carbocycles. The molecule has 3 N–H and O–H groups in total. The summed E-state index contributed by atoms with van der Waals surface area (Å²) in [6.45, 7) is 0.868. The van der Waals surface area contributed by atoms with Gasteiger partial charge >= 0.3 is 6.18 Å². The van der Waals surface area contributed by atoms with Crippen molar-refractivity contribution in [3.05, 3.63) is 16.1 Å². The van der Waals surface area contributed by atoms with E-state index in [1.54, 1.807) is 0 Å². The highest BCUT2D eigenvalue weighted by Crippen LogP contribution is 2.29. The van der Waals surface area contributed by atoms with Gasteiger partial charge in [0.1, 0.15) is 0 Å². The predicted octanol–water partition coefficient (Wildman–Crippen LogP) is 1.04. The summed E-state index contributed by atoms with van der Waals surface area (Å²) in [5.41, 5.74) is -0.883. The molecule has 1 rings (SSSR count). The van der Waals surface area contributed by atoms with Crippen LogP contribution in [0.3, 0.4) is 0 Å². The van der Waals surface area contributed by atoms with Crippen LogP contribution in [0.2, 0.25) is 0 Å². The lowest BCUT2D eigenvalue weighted by molar-refractivity contribution is -0.140. The van der Waals surface area contributed by atoms with E-state index < -0.39 is 21.9 Å². The van der Waals surface area contributed by atoms with E-state index in [-0.39, 0.29) is 30.5 Å². The molecule has 13 heteroatoms. The first kappa shape index (κ1) is 23.3. The van der Waals surface area contributed by atoms with Crippen molar-refractivity contribution in [3.8, 4) is 0 Å². The van der Waals surface area contributed by atoms with Gasteiger partial charge in [0.15, 0.2) is 11.7 Å². The van der Waals surface area contributed by atoms with E-state index >= 15 is 0 Å². The molecular formula is C11H19F3IN5O2S2. The molecule has 0 aliphatic rings. The van der Waals surface area contributed by atoms with E-state index in [0.717, 1.165) is 23.0 Å². The topological polar surface area (TPSA) is 95.5 Å². The van der Waals surface area contributed by atoms with Gasteiger partial charge in [0.05, 0.1) is 11.3 Å². The van der Waals surface area contributed by atoms with Gasteiger partial charge in [0.2, 0.25) is 10.0 Å². The molecule has 1 heterocycles. The Hall–Kier alpha value is -0.670. The van der Waals surface area contributed by atoms with Crippen molar-refractivity contribution in [3.63, 3.8) is 0 Å². The van der Waals surface area contributed by atoms with Crippen LogP contribution in [0.4, 0.5) is 13.2 Å². The Balaban J connectivity index is 0.00000529. The zero-order chi connectivity index (χ0) is 17.5. The molecule has 0 aromatic carbocycles. The number of alkyl halides is 3. The molecule has 0 unspecified atom stereocenters. The van der Waals surface area contributed by atoms with E-state index in [9.17, 15) is 21.6 Å². The number of rotatable bonds is 7. The smallest absolute Gasteiger partial charge is 0.356 e. The highest BCUT2D eigenvalue weighted by atomic mass is 127. The van der Waals surface area contributed by atoms with Crippen molar-refractivity contribution in [2.24, 2.45) is 4.99 Å². The minimum absolute atomic E-state index is 0. The van der Waals surface area contributed by atoms with Crippen LogP contribution in [0, 0.1) is 0 Å². The first-order valence-corrected chi connectivity index (χ1v) is 9.29. The summed E-state index contributed by atoms with van der Waals surface area (Å²) in [5.74, 6) is 0.424. The highest BCUT2D eigenvalue weighted by molar-refractivity contribution is 14.0. The van der Waals surface area contributed by atoms with Crippen LogP contribution >= 0.6 is 35.3 Å². The van der Waals surface area contributed by atoms with Gasteiger partial charge in [-0.3, -0.25) is 4.99 Å². The number of sulfonamides is 1. The Morgan fingerprint density at radius 2 is 1.92 bits per heavy atom. The van der Waals surface area contributed by atoms with Crippen LogP contribution in [-0.4, -0.2) is 52.3 Å². The molecule has 0 fully saturated rings. The van der Waals surface area contributed by atoms with Gasteiger partial charge in [-0.15, -0.1) is 35.3 Å². The molecule has 0 saturated heterocycles. The molecule has 140 valence electrons. The highest BCUT2D eigenvalue weighted by Gasteiger charge is 2.33. The summed E-state index contributed by atoms with van der Waals surface area (Å²) in [5, 5.41) is 7.14. The number of thiazole rings is 1. The third-order valence-corrected chi connectivity index (χ3v) is 4.12. The maximum Gasteiger partial charge on any atom is 0.434 e.